The van der Waals surface area contributed by atoms with Gasteiger partial charge in [0.15, 0.2) is 0 Å². The van der Waals surface area contributed by atoms with Crippen LogP contribution >= 0.6 is 0 Å². The van der Waals surface area contributed by atoms with E-state index in [2.05, 4.69) is 24.5 Å². The Bertz CT molecular complexity index is 376. The van der Waals surface area contributed by atoms with Crippen molar-refractivity contribution in [3.05, 3.63) is 29.8 Å². The van der Waals surface area contributed by atoms with Crippen LogP contribution in [0.25, 0.3) is 0 Å². The van der Waals surface area contributed by atoms with Gasteiger partial charge in [-0.25, -0.2) is 0 Å². The first-order valence-electron chi connectivity index (χ1n) is 6.34. The first-order chi connectivity index (χ1) is 8.56. The highest BCUT2D eigenvalue weighted by Crippen LogP contribution is 2.11. The van der Waals surface area contributed by atoms with Crippen molar-refractivity contribution in [2.75, 3.05) is 12.4 Å². The van der Waals surface area contributed by atoms with Gasteiger partial charge in [-0.3, -0.25) is 4.79 Å². The number of carbonyl (C=O) groups is 1. The molecule has 2 radical (unpaired) electrons. The number of hydrogen-bond acceptors (Lipinski definition) is 2. The first kappa shape index (κ1) is 14.8. The molecule has 1 rings (SSSR count). The van der Waals surface area contributed by atoms with Crippen LogP contribution in [0.1, 0.15) is 25.8 Å². The smallest absolute Gasteiger partial charge is 0.241 e. The molecule has 1 unspecified atom stereocenters. The van der Waals surface area contributed by atoms with Gasteiger partial charge in [-0.2, -0.15) is 0 Å². The third-order valence-corrected chi connectivity index (χ3v) is 2.83. The lowest BCUT2D eigenvalue weighted by molar-refractivity contribution is -0.118. The molecule has 0 fully saturated rings. The second-order valence-corrected chi connectivity index (χ2v) is 4.86. The molecule has 0 saturated heterocycles. The summed E-state index contributed by atoms with van der Waals surface area (Å²) in [5.41, 5.74) is 1.86. The summed E-state index contributed by atoms with van der Waals surface area (Å²) in [7, 11) is 7.34. The Kier molecular flexibility index (Phi) is 5.92. The Labute approximate surface area is 111 Å². The topological polar surface area (TPSA) is 41.1 Å². The largest absolute Gasteiger partial charge is 0.325 e. The van der Waals surface area contributed by atoms with E-state index < -0.39 is 0 Å². The van der Waals surface area contributed by atoms with Crippen LogP contribution in [0, 0.1) is 5.92 Å². The highest BCUT2D eigenvalue weighted by Gasteiger charge is 2.17. The van der Waals surface area contributed by atoms with Crippen LogP contribution in [-0.4, -0.2) is 26.8 Å². The number of likely N-dealkylation sites (N-methyl/N-ethyl adjacent to an activating group) is 1. The summed E-state index contributed by atoms with van der Waals surface area (Å²) in [6, 6.07) is 7.45. The number of hydrogen-bond donors (Lipinski definition) is 2. The van der Waals surface area contributed by atoms with Gasteiger partial charge in [0, 0.05) is 5.69 Å². The SMILES string of the molecule is [B]Cc1ccc(NC(=O)C(CC(C)C)NC)cc1. The second-order valence-electron chi connectivity index (χ2n) is 4.86. The predicted octanol–water partition coefficient (Wildman–Crippen LogP) is 1.93. The molecule has 1 atom stereocenters. The summed E-state index contributed by atoms with van der Waals surface area (Å²) >= 11 is 0. The van der Waals surface area contributed by atoms with Gasteiger partial charge in [0.05, 0.1) is 13.9 Å². The molecule has 1 aromatic carbocycles. The summed E-state index contributed by atoms with van der Waals surface area (Å²) in [5.74, 6) is 0.486. The van der Waals surface area contributed by atoms with Crippen molar-refractivity contribution in [2.45, 2.75) is 32.6 Å². The van der Waals surface area contributed by atoms with Crippen molar-refractivity contribution in [1.29, 1.82) is 0 Å². The van der Waals surface area contributed by atoms with E-state index in [1.165, 1.54) is 0 Å². The van der Waals surface area contributed by atoms with Crippen LogP contribution in [-0.2, 0) is 11.1 Å². The van der Waals surface area contributed by atoms with Crippen LogP contribution in [0.2, 0.25) is 0 Å². The van der Waals surface area contributed by atoms with Crippen molar-refractivity contribution >= 4 is 19.4 Å². The molecule has 4 heteroatoms. The molecule has 1 amide bonds. The van der Waals surface area contributed by atoms with Crippen LogP contribution in [0.15, 0.2) is 24.3 Å². The summed E-state index contributed by atoms with van der Waals surface area (Å²) in [6.07, 6.45) is 1.34. The van der Waals surface area contributed by atoms with E-state index in [-0.39, 0.29) is 11.9 Å². The zero-order valence-electron chi connectivity index (χ0n) is 11.4. The summed E-state index contributed by atoms with van der Waals surface area (Å²) in [6.45, 7) is 4.21. The molecule has 2 N–H and O–H groups in total. The number of amides is 1. The molecule has 1 aromatic rings. The van der Waals surface area contributed by atoms with Gasteiger partial charge >= 0.3 is 0 Å². The van der Waals surface area contributed by atoms with Gasteiger partial charge in [-0.15, -0.1) is 0 Å². The molecule has 0 saturated carbocycles. The second kappa shape index (κ2) is 7.22. The van der Waals surface area contributed by atoms with E-state index in [9.17, 15) is 4.79 Å². The number of carbonyl (C=O) groups excluding carboxylic acids is 1. The van der Waals surface area contributed by atoms with Gasteiger partial charge in [0.25, 0.3) is 0 Å². The van der Waals surface area contributed by atoms with Gasteiger partial charge in [0.1, 0.15) is 0 Å². The van der Waals surface area contributed by atoms with E-state index in [0.717, 1.165) is 17.7 Å². The summed E-state index contributed by atoms with van der Waals surface area (Å²) in [4.78, 5) is 12.0. The molecule has 0 spiro atoms. The minimum Gasteiger partial charge on any atom is -0.325 e. The lowest BCUT2D eigenvalue weighted by Gasteiger charge is -2.18. The minimum atomic E-state index is -0.154. The fraction of sp³-hybridized carbons (Fsp3) is 0.500. The number of anilines is 1. The predicted molar refractivity (Wildman–Crippen MR) is 76.8 cm³/mol. The average Bonchev–Trinajstić information content (AvgIpc) is 2.36. The van der Waals surface area contributed by atoms with Crippen LogP contribution < -0.4 is 10.6 Å². The maximum Gasteiger partial charge on any atom is 0.241 e. The van der Waals surface area contributed by atoms with E-state index in [1.807, 2.05) is 31.3 Å². The number of benzene rings is 1. The fourth-order valence-corrected chi connectivity index (χ4v) is 1.78. The van der Waals surface area contributed by atoms with Crippen LogP contribution in [0.5, 0.6) is 0 Å². The van der Waals surface area contributed by atoms with Crippen molar-refractivity contribution in [2.24, 2.45) is 5.92 Å². The molecule has 96 valence electrons. The monoisotopic (exact) mass is 244 g/mol. The minimum absolute atomic E-state index is 0.00620. The maximum absolute atomic E-state index is 12.0. The zero-order valence-corrected chi connectivity index (χ0v) is 11.4. The molecule has 0 aliphatic rings. The third-order valence-electron chi connectivity index (χ3n) is 2.83. The molecule has 0 aromatic heterocycles. The van der Waals surface area contributed by atoms with E-state index in [1.54, 1.807) is 0 Å². The summed E-state index contributed by atoms with van der Waals surface area (Å²) in [5, 5.41) is 5.95. The normalized spacial score (nSPS) is 12.4. The van der Waals surface area contributed by atoms with Crippen molar-refractivity contribution in [3.63, 3.8) is 0 Å². The van der Waals surface area contributed by atoms with E-state index in [0.29, 0.717) is 12.2 Å². The molecular formula is C14H21BN2O. The van der Waals surface area contributed by atoms with Gasteiger partial charge < -0.3 is 10.6 Å². The van der Waals surface area contributed by atoms with Gasteiger partial charge in [-0.1, -0.05) is 37.9 Å². The molecule has 0 aliphatic carbocycles. The molecule has 0 heterocycles. The van der Waals surface area contributed by atoms with E-state index >= 15 is 0 Å². The average molecular weight is 244 g/mol. The van der Waals surface area contributed by atoms with Gasteiger partial charge in [-0.05, 0) is 31.5 Å². The highest BCUT2D eigenvalue weighted by molar-refractivity contribution is 6.08. The third kappa shape index (κ3) is 4.53. The standard InChI is InChI=1S/C14H21BN2O/c1-10(2)8-13(16-3)14(18)17-12-6-4-11(9-15)5-7-12/h4-7,10,13,16H,8-9H2,1-3H3,(H,17,18). The Morgan fingerprint density at radius 1 is 1.28 bits per heavy atom. The Hall–Kier alpha value is -1.29. The Morgan fingerprint density at radius 2 is 1.89 bits per heavy atom. The molecule has 0 bridgehead atoms. The maximum atomic E-state index is 12.0. The van der Waals surface area contributed by atoms with Gasteiger partial charge in [0.2, 0.25) is 5.91 Å². The lowest BCUT2D eigenvalue weighted by Crippen LogP contribution is -2.39. The van der Waals surface area contributed by atoms with Crippen molar-refractivity contribution in [1.82, 2.24) is 5.32 Å². The van der Waals surface area contributed by atoms with E-state index in [4.69, 9.17) is 7.85 Å². The molecule has 3 nitrogen and oxygen atoms in total. The highest BCUT2D eigenvalue weighted by atomic mass is 16.2. The molecule has 0 aliphatic heterocycles. The van der Waals surface area contributed by atoms with Crippen LogP contribution in [0.3, 0.4) is 0 Å². The quantitative estimate of drug-likeness (QED) is 0.751. The zero-order chi connectivity index (χ0) is 13.5. The number of rotatable bonds is 6. The van der Waals surface area contributed by atoms with Crippen molar-refractivity contribution < 1.29 is 4.79 Å². The summed E-state index contributed by atoms with van der Waals surface area (Å²) < 4.78 is 0. The Balaban J connectivity index is 2.61. The lowest BCUT2D eigenvalue weighted by atomic mass is 9.97. The van der Waals surface area contributed by atoms with Crippen LogP contribution in [0.4, 0.5) is 5.69 Å². The fourth-order valence-electron chi connectivity index (χ4n) is 1.78. The number of nitrogens with one attached hydrogen (secondary N) is 2. The van der Waals surface area contributed by atoms with Crippen molar-refractivity contribution in [3.8, 4) is 0 Å². The molecule has 18 heavy (non-hydrogen) atoms. The Morgan fingerprint density at radius 3 is 2.33 bits per heavy atom. The molecular weight excluding hydrogens is 223 g/mol. The first-order valence-corrected chi connectivity index (χ1v) is 6.34.